The Morgan fingerprint density at radius 1 is 1.21 bits per heavy atom. The molecule has 1 aliphatic rings. The highest BCUT2D eigenvalue weighted by Crippen LogP contribution is 2.12. The van der Waals surface area contributed by atoms with Crippen LogP contribution < -0.4 is 5.32 Å². The molecule has 0 saturated carbocycles. The first-order chi connectivity index (χ1) is 9.09. The van der Waals surface area contributed by atoms with Gasteiger partial charge >= 0.3 is 6.03 Å². The van der Waals surface area contributed by atoms with Gasteiger partial charge in [-0.25, -0.2) is 9.18 Å². The number of carbonyl (C=O) groups is 2. The van der Waals surface area contributed by atoms with Crippen LogP contribution in [0, 0.1) is 5.82 Å². The van der Waals surface area contributed by atoms with Crippen molar-refractivity contribution in [3.8, 4) is 0 Å². The van der Waals surface area contributed by atoms with Crippen molar-refractivity contribution in [2.45, 2.75) is 0 Å². The van der Waals surface area contributed by atoms with Crippen LogP contribution in [0.25, 0.3) is 0 Å². The number of urea groups is 1. The molecule has 0 aromatic heterocycles. The Balaban J connectivity index is 2.05. The predicted octanol–water partition coefficient (Wildman–Crippen LogP) is 1.45. The van der Waals surface area contributed by atoms with Gasteiger partial charge in [0.2, 0.25) is 0 Å². The molecule has 0 atom stereocenters. The molecule has 5 nitrogen and oxygen atoms in total. The fourth-order valence-electron chi connectivity index (χ4n) is 1.77. The number of hydrogen-bond donors (Lipinski definition) is 1. The maximum Gasteiger partial charge on any atom is 0.342 e. The summed E-state index contributed by atoms with van der Waals surface area (Å²) in [4.78, 5) is 25.4. The molecule has 1 fully saturated rings. The van der Waals surface area contributed by atoms with E-state index >= 15 is 0 Å². The highest BCUT2D eigenvalue weighted by atomic mass is 35.5. The van der Waals surface area contributed by atoms with Crippen molar-refractivity contribution >= 4 is 23.7 Å². The van der Waals surface area contributed by atoms with Gasteiger partial charge < -0.3 is 10.2 Å². The summed E-state index contributed by atoms with van der Waals surface area (Å²) in [6, 6.07) is 4.31. The van der Waals surface area contributed by atoms with Crippen molar-refractivity contribution in [2.24, 2.45) is 0 Å². The molecule has 1 aliphatic heterocycles. The molecule has 0 spiro atoms. The molecule has 1 heterocycles. The molecule has 3 amide bonds. The van der Waals surface area contributed by atoms with E-state index in [1.807, 2.05) is 0 Å². The second-order valence-electron chi connectivity index (χ2n) is 4.11. The van der Waals surface area contributed by atoms with Gasteiger partial charge in [-0.15, -0.1) is 0 Å². The van der Waals surface area contributed by atoms with E-state index in [-0.39, 0.29) is 5.56 Å². The Labute approximate surface area is 115 Å². The van der Waals surface area contributed by atoms with Gasteiger partial charge in [0.1, 0.15) is 5.82 Å². The Morgan fingerprint density at radius 3 is 2.37 bits per heavy atom. The predicted molar refractivity (Wildman–Crippen MR) is 68.3 cm³/mol. The standard InChI is InChI=1S/C12H13ClFN3O2/c13-17(12(19)16-7-5-15-6-8-16)11(18)9-1-3-10(14)4-2-9/h1-4,15H,5-8H2. The fraction of sp³-hybridized carbons (Fsp3) is 0.333. The van der Waals surface area contributed by atoms with Crippen LogP contribution in [0.5, 0.6) is 0 Å². The van der Waals surface area contributed by atoms with E-state index < -0.39 is 17.8 Å². The number of piperazine rings is 1. The topological polar surface area (TPSA) is 52.7 Å². The van der Waals surface area contributed by atoms with Gasteiger partial charge in [0.15, 0.2) is 0 Å². The zero-order valence-electron chi connectivity index (χ0n) is 10.1. The van der Waals surface area contributed by atoms with Crippen LogP contribution >= 0.6 is 11.8 Å². The van der Waals surface area contributed by atoms with Crippen molar-refractivity contribution in [2.75, 3.05) is 26.2 Å². The van der Waals surface area contributed by atoms with Crippen LogP contribution in [0.1, 0.15) is 10.4 Å². The molecule has 0 bridgehead atoms. The Morgan fingerprint density at radius 2 is 1.79 bits per heavy atom. The molecule has 19 heavy (non-hydrogen) atoms. The Bertz CT molecular complexity index is 474. The highest BCUT2D eigenvalue weighted by molar-refractivity contribution is 6.32. The smallest absolute Gasteiger partial charge is 0.321 e. The summed E-state index contributed by atoms with van der Waals surface area (Å²) in [6.07, 6.45) is 0. The van der Waals surface area contributed by atoms with Gasteiger partial charge in [0.05, 0.1) is 0 Å². The summed E-state index contributed by atoms with van der Waals surface area (Å²) in [5.41, 5.74) is 0.167. The molecule has 7 heteroatoms. The molecular formula is C12H13ClFN3O2. The Hall–Kier alpha value is -1.66. The molecule has 0 radical (unpaired) electrons. The number of hydrogen-bond acceptors (Lipinski definition) is 3. The molecule has 1 aromatic rings. The zero-order valence-corrected chi connectivity index (χ0v) is 10.9. The largest absolute Gasteiger partial charge is 0.342 e. The van der Waals surface area contributed by atoms with Gasteiger partial charge in [-0.05, 0) is 24.3 Å². The van der Waals surface area contributed by atoms with Crippen LogP contribution in [0.4, 0.5) is 9.18 Å². The number of carbonyl (C=O) groups excluding carboxylic acids is 2. The lowest BCUT2D eigenvalue weighted by Crippen LogP contribution is -2.50. The SMILES string of the molecule is O=C(c1ccc(F)cc1)N(Cl)C(=O)N1CCNCC1. The maximum atomic E-state index is 12.8. The number of benzene rings is 1. The molecule has 1 N–H and O–H groups in total. The minimum atomic E-state index is -0.662. The number of amides is 3. The van der Waals surface area contributed by atoms with Gasteiger partial charge in [-0.1, -0.05) is 0 Å². The number of nitrogens with one attached hydrogen (secondary N) is 1. The molecule has 2 rings (SSSR count). The van der Waals surface area contributed by atoms with Gasteiger partial charge in [-0.2, -0.15) is 4.42 Å². The van der Waals surface area contributed by atoms with E-state index in [1.165, 1.54) is 17.0 Å². The average molecular weight is 286 g/mol. The second kappa shape index (κ2) is 5.99. The molecule has 0 unspecified atom stereocenters. The summed E-state index contributed by atoms with van der Waals surface area (Å²) in [7, 11) is 0. The van der Waals surface area contributed by atoms with Crippen molar-refractivity contribution in [1.29, 1.82) is 0 Å². The van der Waals surface area contributed by atoms with Crippen molar-refractivity contribution in [3.05, 3.63) is 35.6 Å². The summed E-state index contributed by atoms with van der Waals surface area (Å²) in [6.45, 7) is 2.33. The summed E-state index contributed by atoms with van der Waals surface area (Å²) in [5.74, 6) is -1.11. The van der Waals surface area contributed by atoms with Crippen LogP contribution in [0.3, 0.4) is 0 Å². The molecule has 1 aromatic carbocycles. The normalized spacial score (nSPS) is 15.2. The monoisotopic (exact) mass is 285 g/mol. The maximum absolute atomic E-state index is 12.8. The molecule has 102 valence electrons. The van der Waals surface area contributed by atoms with Crippen LogP contribution in [-0.4, -0.2) is 47.4 Å². The number of halogens is 2. The number of nitrogens with zero attached hydrogens (tertiary/aromatic N) is 2. The second-order valence-corrected chi connectivity index (χ2v) is 4.45. The van der Waals surface area contributed by atoms with Crippen molar-refractivity contribution in [1.82, 2.24) is 14.6 Å². The zero-order chi connectivity index (χ0) is 13.8. The lowest BCUT2D eigenvalue weighted by atomic mass is 10.2. The van der Waals surface area contributed by atoms with E-state index in [0.717, 1.165) is 12.1 Å². The third-order valence-electron chi connectivity index (χ3n) is 2.82. The van der Waals surface area contributed by atoms with E-state index in [1.54, 1.807) is 0 Å². The van der Waals surface area contributed by atoms with Crippen LogP contribution in [0.15, 0.2) is 24.3 Å². The van der Waals surface area contributed by atoms with Gasteiger partial charge in [0, 0.05) is 43.5 Å². The lowest BCUT2D eigenvalue weighted by Gasteiger charge is -2.29. The van der Waals surface area contributed by atoms with E-state index in [2.05, 4.69) is 5.32 Å². The summed E-state index contributed by atoms with van der Waals surface area (Å²) < 4.78 is 13.3. The highest BCUT2D eigenvalue weighted by Gasteiger charge is 2.27. The van der Waals surface area contributed by atoms with Crippen molar-refractivity contribution < 1.29 is 14.0 Å². The minimum Gasteiger partial charge on any atom is -0.321 e. The molecule has 1 saturated heterocycles. The number of imide groups is 1. The first-order valence-corrected chi connectivity index (χ1v) is 6.19. The van der Waals surface area contributed by atoms with E-state index in [4.69, 9.17) is 11.8 Å². The molecule has 0 aliphatic carbocycles. The van der Waals surface area contributed by atoms with E-state index in [9.17, 15) is 14.0 Å². The van der Waals surface area contributed by atoms with Crippen LogP contribution in [0.2, 0.25) is 0 Å². The quantitative estimate of drug-likeness (QED) is 0.795. The Kier molecular flexibility index (Phi) is 4.34. The third-order valence-corrected chi connectivity index (χ3v) is 3.12. The summed E-state index contributed by atoms with van der Waals surface area (Å²) in [5, 5.41) is 3.09. The first kappa shape index (κ1) is 13.8. The molecular weight excluding hydrogens is 273 g/mol. The van der Waals surface area contributed by atoms with Crippen LogP contribution in [-0.2, 0) is 0 Å². The fourth-order valence-corrected chi connectivity index (χ4v) is 1.98. The third kappa shape index (κ3) is 3.21. The van der Waals surface area contributed by atoms with E-state index in [0.29, 0.717) is 30.6 Å². The average Bonchev–Trinajstić information content (AvgIpc) is 2.46. The lowest BCUT2D eigenvalue weighted by molar-refractivity contribution is 0.0857. The first-order valence-electron chi connectivity index (χ1n) is 5.85. The van der Waals surface area contributed by atoms with Gasteiger partial charge in [0.25, 0.3) is 5.91 Å². The minimum absolute atomic E-state index is 0.167. The number of rotatable bonds is 1. The van der Waals surface area contributed by atoms with Crippen molar-refractivity contribution in [3.63, 3.8) is 0 Å². The summed E-state index contributed by atoms with van der Waals surface area (Å²) >= 11 is 5.77. The van der Waals surface area contributed by atoms with Gasteiger partial charge in [-0.3, -0.25) is 4.79 Å².